The first kappa shape index (κ1) is 41.7. The zero-order valence-corrected chi connectivity index (χ0v) is 31.1. The fourth-order valence-electron chi connectivity index (χ4n) is 7.67. The minimum absolute atomic E-state index is 0.0887. The number of likely N-dealkylation sites (N-methyl/N-ethyl adjacent to an activating group) is 1. The number of ether oxygens (including phenoxy) is 4. The summed E-state index contributed by atoms with van der Waals surface area (Å²) < 4.78 is 24.5. The standard InChI is InChI=1S/C36H59N3O11/c1-11-26-36(8,45)31(42)21(4)28(38-46)19(2)17-35(7,44)32(50-34-29(41)25(39(9)10)15-20(3)47-34)22(5)30(23(6)33(43)48-26)49-27(40)16-24-13-12-14-37-18-24/h12-14,18-23,25-26,29-32,34,41-42,44-46H,11,15-17H2,1-10H3/b38-28+/t19-,20-,21-,22+,23-,25+,26+,29-,30+,31-,32-,34+,35+,36-/m1/s1. The largest absolute Gasteiger partial charge is 0.461 e. The van der Waals surface area contributed by atoms with Crippen molar-refractivity contribution in [3.63, 3.8) is 0 Å². The summed E-state index contributed by atoms with van der Waals surface area (Å²) in [5, 5.41) is 60.4. The van der Waals surface area contributed by atoms with Gasteiger partial charge in [-0.3, -0.25) is 14.6 Å². The van der Waals surface area contributed by atoms with Crippen molar-refractivity contribution in [1.82, 2.24) is 9.88 Å². The maximum atomic E-state index is 13.9. The van der Waals surface area contributed by atoms with E-state index >= 15 is 0 Å². The zero-order chi connectivity index (χ0) is 37.7. The van der Waals surface area contributed by atoms with E-state index in [0.717, 1.165) is 0 Å². The van der Waals surface area contributed by atoms with Crippen LogP contribution in [0.1, 0.15) is 80.2 Å². The van der Waals surface area contributed by atoms with Gasteiger partial charge < -0.3 is 49.5 Å². The van der Waals surface area contributed by atoms with Gasteiger partial charge in [0.15, 0.2) is 6.29 Å². The molecule has 2 aliphatic heterocycles. The number of hydrogen-bond donors (Lipinski definition) is 5. The molecule has 5 N–H and O–H groups in total. The highest BCUT2D eigenvalue weighted by atomic mass is 16.7. The maximum Gasteiger partial charge on any atom is 0.312 e. The van der Waals surface area contributed by atoms with Crippen LogP contribution in [0.25, 0.3) is 0 Å². The normalized spacial score (nSPS) is 41.7. The highest BCUT2D eigenvalue weighted by molar-refractivity contribution is 5.88. The van der Waals surface area contributed by atoms with Crippen molar-refractivity contribution < 1.29 is 54.2 Å². The molecule has 0 unspecified atom stereocenters. The number of nitrogens with zero attached hydrogens (tertiary/aromatic N) is 3. The minimum Gasteiger partial charge on any atom is -0.461 e. The van der Waals surface area contributed by atoms with Crippen molar-refractivity contribution in [3.05, 3.63) is 30.1 Å². The van der Waals surface area contributed by atoms with Crippen molar-refractivity contribution in [3.8, 4) is 0 Å². The Hall–Kier alpha value is -2.72. The molecule has 0 spiro atoms. The van der Waals surface area contributed by atoms with E-state index in [0.29, 0.717) is 12.0 Å². The molecular weight excluding hydrogens is 650 g/mol. The molecular formula is C36H59N3O11. The number of aliphatic hydroxyl groups excluding tert-OH is 2. The van der Waals surface area contributed by atoms with Crippen LogP contribution in [-0.2, 0) is 35.0 Å². The molecule has 0 radical (unpaired) electrons. The Morgan fingerprint density at radius 2 is 1.78 bits per heavy atom. The van der Waals surface area contributed by atoms with Crippen molar-refractivity contribution in [1.29, 1.82) is 0 Å². The predicted octanol–water partition coefficient (Wildman–Crippen LogP) is 2.31. The first-order valence-corrected chi connectivity index (χ1v) is 17.6. The van der Waals surface area contributed by atoms with Gasteiger partial charge in [-0.1, -0.05) is 38.9 Å². The fraction of sp³-hybridized carbons (Fsp3) is 0.778. The monoisotopic (exact) mass is 709 g/mol. The summed E-state index contributed by atoms with van der Waals surface area (Å²) in [6, 6.07) is 3.06. The third-order valence-corrected chi connectivity index (χ3v) is 10.5. The Bertz CT molecular complexity index is 1290. The lowest BCUT2D eigenvalue weighted by molar-refractivity contribution is -0.299. The van der Waals surface area contributed by atoms with Crippen molar-refractivity contribution in [2.75, 3.05) is 14.1 Å². The van der Waals surface area contributed by atoms with Crippen LogP contribution in [0.15, 0.2) is 29.7 Å². The molecule has 14 nitrogen and oxygen atoms in total. The van der Waals surface area contributed by atoms with Gasteiger partial charge in [-0.2, -0.15) is 0 Å². The lowest BCUT2D eigenvalue weighted by atomic mass is 9.73. The van der Waals surface area contributed by atoms with E-state index in [9.17, 15) is 35.2 Å². The first-order valence-electron chi connectivity index (χ1n) is 17.6. The molecule has 284 valence electrons. The fourth-order valence-corrected chi connectivity index (χ4v) is 7.67. The van der Waals surface area contributed by atoms with Crippen LogP contribution < -0.4 is 0 Å². The summed E-state index contributed by atoms with van der Waals surface area (Å²) >= 11 is 0. The third kappa shape index (κ3) is 9.58. The quantitative estimate of drug-likeness (QED) is 0.157. The molecule has 0 aliphatic carbocycles. The number of oxime groups is 1. The van der Waals surface area contributed by atoms with Crippen LogP contribution in [0.2, 0.25) is 0 Å². The van der Waals surface area contributed by atoms with E-state index in [1.807, 2.05) is 25.9 Å². The zero-order valence-electron chi connectivity index (χ0n) is 31.1. The molecule has 1 aromatic rings. The summed E-state index contributed by atoms with van der Waals surface area (Å²) in [4.78, 5) is 33.3. The number of cyclic esters (lactones) is 1. The predicted molar refractivity (Wildman–Crippen MR) is 183 cm³/mol. The minimum atomic E-state index is -1.98. The van der Waals surface area contributed by atoms with Gasteiger partial charge in [0.25, 0.3) is 0 Å². The molecule has 50 heavy (non-hydrogen) atoms. The average Bonchev–Trinajstić information content (AvgIpc) is 3.04. The summed E-state index contributed by atoms with van der Waals surface area (Å²) in [5.74, 6) is -5.19. The number of pyridine rings is 1. The highest BCUT2D eigenvalue weighted by Crippen LogP contribution is 2.39. The van der Waals surface area contributed by atoms with Crippen molar-refractivity contribution in [2.24, 2.45) is 28.8 Å². The van der Waals surface area contributed by atoms with Crippen LogP contribution in [0.3, 0.4) is 0 Å². The number of esters is 2. The van der Waals surface area contributed by atoms with E-state index in [-0.39, 0.29) is 37.1 Å². The van der Waals surface area contributed by atoms with E-state index in [2.05, 4.69) is 10.1 Å². The average molecular weight is 710 g/mol. The summed E-state index contributed by atoms with van der Waals surface area (Å²) in [5.41, 5.74) is -3.11. The molecule has 2 aliphatic rings. The van der Waals surface area contributed by atoms with Gasteiger partial charge >= 0.3 is 11.9 Å². The van der Waals surface area contributed by atoms with Crippen LogP contribution in [0.4, 0.5) is 0 Å². The lowest BCUT2D eigenvalue weighted by Crippen LogP contribution is -2.60. The van der Waals surface area contributed by atoms with Crippen LogP contribution >= 0.6 is 0 Å². The number of aromatic nitrogens is 1. The lowest BCUT2D eigenvalue weighted by Gasteiger charge is -2.47. The van der Waals surface area contributed by atoms with Crippen molar-refractivity contribution >= 4 is 17.7 Å². The summed E-state index contributed by atoms with van der Waals surface area (Å²) in [6.07, 6.45) is -4.38. The maximum absolute atomic E-state index is 13.9. The number of hydrogen-bond acceptors (Lipinski definition) is 14. The van der Waals surface area contributed by atoms with E-state index in [1.54, 1.807) is 46.0 Å². The highest BCUT2D eigenvalue weighted by Gasteiger charge is 2.52. The Labute approximate surface area is 295 Å². The number of carbonyl (C=O) groups excluding carboxylic acids is 2. The third-order valence-electron chi connectivity index (χ3n) is 10.5. The van der Waals surface area contributed by atoms with E-state index < -0.39 is 83.6 Å². The van der Waals surface area contributed by atoms with Gasteiger partial charge in [0.2, 0.25) is 0 Å². The molecule has 2 saturated heterocycles. The van der Waals surface area contributed by atoms with Crippen molar-refractivity contribution in [2.45, 2.75) is 141 Å². The molecule has 1 aromatic heterocycles. The Kier molecular flexibility index (Phi) is 14.3. The molecule has 2 fully saturated rings. The van der Waals surface area contributed by atoms with Crippen LogP contribution in [0, 0.1) is 23.7 Å². The molecule has 3 heterocycles. The molecule has 0 bridgehead atoms. The van der Waals surface area contributed by atoms with Gasteiger partial charge in [-0.05, 0) is 72.7 Å². The number of carbonyl (C=O) groups is 2. The topological polar surface area (TPSA) is 201 Å². The summed E-state index contributed by atoms with van der Waals surface area (Å²) in [7, 11) is 3.67. The first-order chi connectivity index (χ1) is 23.3. The van der Waals surface area contributed by atoms with Gasteiger partial charge in [0, 0.05) is 36.2 Å². The Morgan fingerprint density at radius 3 is 2.34 bits per heavy atom. The Morgan fingerprint density at radius 1 is 1.12 bits per heavy atom. The second-order valence-corrected chi connectivity index (χ2v) is 15.0. The van der Waals surface area contributed by atoms with E-state index in [1.165, 1.54) is 27.0 Å². The number of rotatable bonds is 7. The smallest absolute Gasteiger partial charge is 0.312 e. The molecule has 0 aromatic carbocycles. The van der Waals surface area contributed by atoms with Crippen LogP contribution in [0.5, 0.6) is 0 Å². The van der Waals surface area contributed by atoms with E-state index in [4.69, 9.17) is 18.9 Å². The summed E-state index contributed by atoms with van der Waals surface area (Å²) in [6.45, 7) is 12.9. The molecule has 14 atom stereocenters. The van der Waals surface area contributed by atoms with Gasteiger partial charge in [-0.15, -0.1) is 0 Å². The molecule has 3 rings (SSSR count). The molecule has 0 amide bonds. The van der Waals surface area contributed by atoms with Gasteiger partial charge in [0.1, 0.15) is 23.9 Å². The van der Waals surface area contributed by atoms with Crippen LogP contribution in [-0.4, -0.2) is 127 Å². The number of aliphatic hydroxyl groups is 4. The van der Waals surface area contributed by atoms with Gasteiger partial charge in [0.05, 0.1) is 42.0 Å². The molecule has 0 saturated carbocycles. The second-order valence-electron chi connectivity index (χ2n) is 15.0. The second kappa shape index (κ2) is 17.2. The van der Waals surface area contributed by atoms with Gasteiger partial charge in [-0.25, -0.2) is 0 Å². The SMILES string of the molecule is CC[C@@H]1OC(=O)[C@H](C)[C@@H](OC(=O)Cc2cccnc2)[C@H](C)[C@@H](O[C@@H]2O[C@H](C)C[C@H](N(C)C)[C@H]2O)[C@@](C)(O)C[C@@H](C)/C(=N\O)[C@@H](C)[C@@H](O)[C@]1(C)O. The Balaban J connectivity index is 2.17. The molecule has 14 heteroatoms.